The molecule has 0 unspecified atom stereocenters. The van der Waals surface area contributed by atoms with Gasteiger partial charge in [-0.1, -0.05) is 24.8 Å². The lowest BCUT2D eigenvalue weighted by Crippen LogP contribution is -1.94. The molecule has 0 radical (unpaired) electrons. The van der Waals surface area contributed by atoms with Gasteiger partial charge in [-0.05, 0) is 12.2 Å². The molecule has 54 valence electrons. The predicted octanol–water partition coefficient (Wildman–Crippen LogP) is 1.94. The van der Waals surface area contributed by atoms with Gasteiger partial charge in [0, 0.05) is 5.03 Å². The first-order valence-electron chi connectivity index (χ1n) is 2.48. The number of carboxylic acids is 1. The third-order valence-corrected chi connectivity index (χ3v) is 0.866. The Morgan fingerprint density at radius 3 is 2.20 bits per heavy atom. The van der Waals surface area contributed by atoms with Crippen molar-refractivity contribution >= 4 is 17.6 Å². The predicted molar refractivity (Wildman–Crippen MR) is 40.9 cm³/mol. The first-order valence-corrected chi connectivity index (χ1v) is 2.86. The summed E-state index contributed by atoms with van der Waals surface area (Å²) in [5, 5.41) is 8.55. The molecule has 0 spiro atoms. The van der Waals surface area contributed by atoms with E-state index in [9.17, 15) is 4.79 Å². The lowest BCUT2D eigenvalue weighted by Gasteiger charge is -1.87. The van der Waals surface area contributed by atoms with Crippen molar-refractivity contribution in [1.29, 1.82) is 0 Å². The molecule has 0 atom stereocenters. The molecule has 0 aliphatic rings. The first kappa shape index (κ1) is 8.98. The number of aliphatic carboxylic acids is 1. The Labute approximate surface area is 64.1 Å². The Hall–Kier alpha value is -1.02. The van der Waals surface area contributed by atoms with Crippen LogP contribution in [0.15, 0.2) is 35.9 Å². The van der Waals surface area contributed by atoms with Gasteiger partial charge in [0.2, 0.25) is 0 Å². The molecule has 0 heterocycles. The molecule has 0 saturated carbocycles. The first-order chi connectivity index (χ1) is 4.54. The van der Waals surface area contributed by atoms with Crippen LogP contribution in [0.25, 0.3) is 0 Å². The van der Waals surface area contributed by atoms with E-state index in [1.54, 1.807) is 0 Å². The third kappa shape index (κ3) is 3.92. The zero-order valence-corrected chi connectivity index (χ0v) is 6.06. The van der Waals surface area contributed by atoms with Gasteiger partial charge in [-0.25, -0.2) is 4.79 Å². The minimum atomic E-state index is -1.06. The van der Waals surface area contributed by atoms with Gasteiger partial charge in [0.25, 0.3) is 0 Å². The summed E-state index contributed by atoms with van der Waals surface area (Å²) < 4.78 is 0. The Bertz CT molecular complexity index is 204. The van der Waals surface area contributed by atoms with Crippen molar-refractivity contribution in [1.82, 2.24) is 0 Å². The Balaban J connectivity index is 4.03. The van der Waals surface area contributed by atoms with E-state index in [4.69, 9.17) is 16.7 Å². The van der Waals surface area contributed by atoms with Crippen molar-refractivity contribution in [2.75, 3.05) is 0 Å². The minimum absolute atomic E-state index is 0.0122. The Morgan fingerprint density at radius 2 is 1.90 bits per heavy atom. The molecule has 10 heavy (non-hydrogen) atoms. The van der Waals surface area contributed by atoms with E-state index in [2.05, 4.69) is 13.2 Å². The molecule has 0 aromatic carbocycles. The van der Waals surface area contributed by atoms with Crippen LogP contribution in [-0.4, -0.2) is 11.1 Å². The van der Waals surface area contributed by atoms with Crippen molar-refractivity contribution in [2.45, 2.75) is 0 Å². The van der Waals surface area contributed by atoms with Crippen LogP contribution in [0.2, 0.25) is 0 Å². The number of carbonyl (C=O) groups is 1. The van der Waals surface area contributed by atoms with Crippen LogP contribution in [0.3, 0.4) is 0 Å². The number of hydrogen-bond acceptors (Lipinski definition) is 1. The minimum Gasteiger partial charge on any atom is -0.478 e. The third-order valence-electron chi connectivity index (χ3n) is 0.740. The maximum atomic E-state index is 10.1. The van der Waals surface area contributed by atoms with E-state index >= 15 is 0 Å². The van der Waals surface area contributed by atoms with E-state index in [1.807, 2.05) is 0 Å². The molecule has 0 aromatic heterocycles. The Morgan fingerprint density at radius 1 is 1.40 bits per heavy atom. The molecule has 0 saturated heterocycles. The second-order valence-corrected chi connectivity index (χ2v) is 2.10. The van der Waals surface area contributed by atoms with Gasteiger partial charge in [0.05, 0.1) is 5.57 Å². The molecule has 0 amide bonds. The van der Waals surface area contributed by atoms with Gasteiger partial charge in [0.15, 0.2) is 0 Å². The summed E-state index contributed by atoms with van der Waals surface area (Å²) in [6.07, 6.45) is 2.66. The van der Waals surface area contributed by atoms with Crippen molar-refractivity contribution in [3.63, 3.8) is 0 Å². The highest BCUT2D eigenvalue weighted by atomic mass is 35.5. The molecule has 3 heteroatoms. The van der Waals surface area contributed by atoms with Gasteiger partial charge < -0.3 is 5.11 Å². The SMILES string of the molecule is C=C(Cl)/C=C\C(=C)C(=O)O. The van der Waals surface area contributed by atoms with Gasteiger partial charge in [-0.15, -0.1) is 0 Å². The fourth-order valence-electron chi connectivity index (χ4n) is 0.262. The van der Waals surface area contributed by atoms with E-state index in [-0.39, 0.29) is 10.6 Å². The lowest BCUT2D eigenvalue weighted by atomic mass is 10.3. The van der Waals surface area contributed by atoms with Crippen LogP contribution in [0.4, 0.5) is 0 Å². The molecule has 0 bridgehead atoms. The molecule has 0 aliphatic carbocycles. The second kappa shape index (κ2) is 3.90. The molecule has 0 fully saturated rings. The normalized spacial score (nSPS) is 9.70. The summed E-state index contributed by atoms with van der Waals surface area (Å²) in [4.78, 5) is 10.1. The highest BCUT2D eigenvalue weighted by Gasteiger charge is 1.96. The fraction of sp³-hybridized carbons (Fsp3) is 0. The number of carboxylic acid groups (broad SMARTS) is 1. The van der Waals surface area contributed by atoms with Crippen LogP contribution in [0.5, 0.6) is 0 Å². The van der Waals surface area contributed by atoms with E-state index in [1.165, 1.54) is 12.2 Å². The van der Waals surface area contributed by atoms with Crippen molar-refractivity contribution in [3.05, 3.63) is 35.9 Å². The highest BCUT2D eigenvalue weighted by Crippen LogP contribution is 2.01. The monoisotopic (exact) mass is 158 g/mol. The average Bonchev–Trinajstić information content (AvgIpc) is 1.82. The molecule has 0 aliphatic heterocycles. The number of halogens is 1. The summed E-state index contributed by atoms with van der Waals surface area (Å²) in [6, 6.07) is 0. The van der Waals surface area contributed by atoms with E-state index in [0.29, 0.717) is 0 Å². The van der Waals surface area contributed by atoms with Crippen LogP contribution in [0, 0.1) is 0 Å². The number of allylic oxidation sites excluding steroid dienone is 2. The van der Waals surface area contributed by atoms with Gasteiger partial charge in [-0.2, -0.15) is 0 Å². The largest absolute Gasteiger partial charge is 0.478 e. The topological polar surface area (TPSA) is 37.3 Å². The van der Waals surface area contributed by atoms with E-state index in [0.717, 1.165) is 0 Å². The molecular weight excluding hydrogens is 152 g/mol. The second-order valence-electron chi connectivity index (χ2n) is 1.61. The summed E-state index contributed by atoms with van der Waals surface area (Å²) in [7, 11) is 0. The van der Waals surface area contributed by atoms with Crippen molar-refractivity contribution < 1.29 is 9.90 Å². The molecular formula is C7H7ClO2. The maximum absolute atomic E-state index is 10.1. The standard InChI is InChI=1S/C7H7ClO2/c1-5(7(9)10)3-4-6(2)8/h3-4H,1-2H2,(H,9,10)/b4-3-. The fourth-order valence-corrected chi connectivity index (χ4v) is 0.325. The van der Waals surface area contributed by atoms with Gasteiger partial charge in [0.1, 0.15) is 0 Å². The average molecular weight is 159 g/mol. The quantitative estimate of drug-likeness (QED) is 0.504. The maximum Gasteiger partial charge on any atom is 0.335 e. The number of rotatable bonds is 3. The van der Waals surface area contributed by atoms with Crippen LogP contribution in [0.1, 0.15) is 0 Å². The molecule has 0 aromatic rings. The highest BCUT2D eigenvalue weighted by molar-refractivity contribution is 6.30. The smallest absolute Gasteiger partial charge is 0.335 e. The zero-order valence-electron chi connectivity index (χ0n) is 5.30. The molecule has 2 nitrogen and oxygen atoms in total. The Kier molecular flexibility index (Phi) is 3.51. The van der Waals surface area contributed by atoms with Crippen molar-refractivity contribution in [3.8, 4) is 0 Å². The molecule has 1 N–H and O–H groups in total. The van der Waals surface area contributed by atoms with Gasteiger partial charge in [-0.3, -0.25) is 0 Å². The lowest BCUT2D eigenvalue weighted by molar-refractivity contribution is -0.132. The number of hydrogen-bond donors (Lipinski definition) is 1. The van der Waals surface area contributed by atoms with Crippen LogP contribution < -0.4 is 0 Å². The van der Waals surface area contributed by atoms with Crippen LogP contribution >= 0.6 is 11.6 Å². The zero-order chi connectivity index (χ0) is 8.15. The summed E-state index contributed by atoms with van der Waals surface area (Å²) in [5.41, 5.74) is -0.0122. The summed E-state index contributed by atoms with van der Waals surface area (Å²) in [5.74, 6) is -1.06. The van der Waals surface area contributed by atoms with E-state index < -0.39 is 5.97 Å². The summed E-state index contributed by atoms with van der Waals surface area (Å²) >= 11 is 5.31. The van der Waals surface area contributed by atoms with Gasteiger partial charge >= 0.3 is 5.97 Å². The van der Waals surface area contributed by atoms with Crippen LogP contribution in [-0.2, 0) is 4.79 Å². The molecule has 0 rings (SSSR count). The summed E-state index contributed by atoms with van der Waals surface area (Å²) in [6.45, 7) is 6.57. The van der Waals surface area contributed by atoms with Crippen molar-refractivity contribution in [2.24, 2.45) is 0 Å².